The number of piperidine rings is 1. The number of aliphatic imine (C=N–C) groups is 1. The van der Waals surface area contributed by atoms with Crippen molar-refractivity contribution >= 4 is 45.6 Å². The zero-order valence-electron chi connectivity index (χ0n) is 18.1. The average molecular weight is 550 g/mol. The molecule has 1 atom stereocenters. The smallest absolute Gasteiger partial charge is 0.236 e. The maximum Gasteiger partial charge on any atom is 0.236 e. The van der Waals surface area contributed by atoms with Crippen molar-refractivity contribution in [1.82, 2.24) is 15.5 Å². The van der Waals surface area contributed by atoms with Gasteiger partial charge in [-0.25, -0.2) is 8.42 Å². The second-order valence-electron chi connectivity index (χ2n) is 7.93. The van der Waals surface area contributed by atoms with Gasteiger partial charge in [0.05, 0.1) is 11.4 Å². The molecular weight excluding hydrogens is 513 g/mol. The third-order valence-corrected chi connectivity index (χ3v) is 7.68. The van der Waals surface area contributed by atoms with Gasteiger partial charge in [-0.15, -0.1) is 24.0 Å². The summed E-state index contributed by atoms with van der Waals surface area (Å²) < 4.78 is 27.0. The van der Waals surface area contributed by atoms with Gasteiger partial charge in [0.15, 0.2) is 5.96 Å². The van der Waals surface area contributed by atoms with E-state index < -0.39 is 10.0 Å². The molecule has 30 heavy (non-hydrogen) atoms. The highest BCUT2D eigenvalue weighted by Crippen LogP contribution is 2.29. The van der Waals surface area contributed by atoms with Crippen LogP contribution < -0.4 is 14.9 Å². The molecule has 0 radical (unpaired) electrons. The van der Waals surface area contributed by atoms with Crippen LogP contribution in [0.4, 0.5) is 5.69 Å². The number of nitrogens with one attached hydrogen (secondary N) is 2. The number of para-hydroxylation sites is 1. The van der Waals surface area contributed by atoms with E-state index in [0.29, 0.717) is 25.1 Å². The lowest BCUT2D eigenvalue weighted by Crippen LogP contribution is -2.43. The number of nitrogens with zero attached hydrogens (tertiary/aromatic N) is 3. The molecule has 0 spiro atoms. The van der Waals surface area contributed by atoms with Crippen LogP contribution in [0.1, 0.15) is 38.2 Å². The number of hydrogen-bond acceptors (Lipinski definition) is 4. The number of guanidine groups is 1. The Labute approximate surface area is 198 Å². The first-order chi connectivity index (χ1) is 14.0. The summed E-state index contributed by atoms with van der Waals surface area (Å²) in [6, 6.07) is 8.41. The Morgan fingerprint density at radius 2 is 1.93 bits per heavy atom. The van der Waals surface area contributed by atoms with E-state index in [2.05, 4.69) is 27.4 Å². The lowest BCUT2D eigenvalue weighted by Gasteiger charge is -2.33. The molecule has 1 aromatic carbocycles. The van der Waals surface area contributed by atoms with Gasteiger partial charge in [-0.1, -0.05) is 24.6 Å². The van der Waals surface area contributed by atoms with E-state index in [1.807, 2.05) is 24.3 Å². The minimum atomic E-state index is -3.34. The molecule has 0 amide bonds. The van der Waals surface area contributed by atoms with Gasteiger partial charge in [-0.2, -0.15) is 0 Å². The first-order valence-corrected chi connectivity index (χ1v) is 12.4. The summed E-state index contributed by atoms with van der Waals surface area (Å²) in [5.41, 5.74) is 1.92. The van der Waals surface area contributed by atoms with Crippen LogP contribution in [0.15, 0.2) is 29.3 Å². The summed E-state index contributed by atoms with van der Waals surface area (Å²) in [4.78, 5) is 6.77. The van der Waals surface area contributed by atoms with Crippen LogP contribution in [-0.4, -0.2) is 70.8 Å². The van der Waals surface area contributed by atoms with Crippen LogP contribution in [-0.2, 0) is 16.4 Å². The lowest BCUT2D eigenvalue weighted by molar-refractivity contribution is 0.159. The van der Waals surface area contributed by atoms with Crippen molar-refractivity contribution in [3.05, 3.63) is 29.8 Å². The Hall–Kier alpha value is -1.07. The quantitative estimate of drug-likeness (QED) is 0.226. The SMILES string of the molecule is CN=C(NCCCN1CCCCC1C)NCCS(=O)(=O)N1CCc2ccccc21.I. The monoisotopic (exact) mass is 549 g/mol. The topological polar surface area (TPSA) is 77.0 Å². The summed E-state index contributed by atoms with van der Waals surface area (Å²) in [6.07, 6.45) is 5.78. The molecule has 170 valence electrons. The van der Waals surface area contributed by atoms with Crippen molar-refractivity contribution in [3.8, 4) is 0 Å². The highest BCUT2D eigenvalue weighted by Gasteiger charge is 2.28. The van der Waals surface area contributed by atoms with Crippen LogP contribution in [0.3, 0.4) is 0 Å². The van der Waals surface area contributed by atoms with Crippen LogP contribution in [0.5, 0.6) is 0 Å². The van der Waals surface area contributed by atoms with Crippen molar-refractivity contribution in [3.63, 3.8) is 0 Å². The maximum atomic E-state index is 12.8. The van der Waals surface area contributed by atoms with Crippen molar-refractivity contribution in [2.24, 2.45) is 4.99 Å². The molecule has 1 aromatic rings. The largest absolute Gasteiger partial charge is 0.356 e. The van der Waals surface area contributed by atoms with Crippen molar-refractivity contribution < 1.29 is 8.42 Å². The number of rotatable bonds is 8. The van der Waals surface area contributed by atoms with E-state index in [0.717, 1.165) is 37.2 Å². The third kappa shape index (κ3) is 6.71. The minimum Gasteiger partial charge on any atom is -0.356 e. The summed E-state index contributed by atoms with van der Waals surface area (Å²) >= 11 is 0. The van der Waals surface area contributed by atoms with Crippen LogP contribution >= 0.6 is 24.0 Å². The molecule has 2 aliphatic heterocycles. The zero-order valence-corrected chi connectivity index (χ0v) is 21.3. The van der Waals surface area contributed by atoms with E-state index in [4.69, 9.17) is 0 Å². The molecule has 2 aliphatic rings. The second-order valence-corrected chi connectivity index (χ2v) is 9.94. The lowest BCUT2D eigenvalue weighted by atomic mass is 10.0. The highest BCUT2D eigenvalue weighted by atomic mass is 127. The molecule has 3 rings (SSSR count). The fourth-order valence-corrected chi connectivity index (χ4v) is 5.63. The number of sulfonamides is 1. The molecule has 7 nitrogen and oxygen atoms in total. The molecule has 0 aromatic heterocycles. The summed E-state index contributed by atoms with van der Waals surface area (Å²) in [7, 11) is -1.63. The van der Waals surface area contributed by atoms with Gasteiger partial charge < -0.3 is 15.5 Å². The van der Waals surface area contributed by atoms with Crippen molar-refractivity contribution in [2.75, 3.05) is 49.8 Å². The number of likely N-dealkylation sites (tertiary alicyclic amines) is 1. The average Bonchev–Trinajstić information content (AvgIpc) is 3.16. The summed E-state index contributed by atoms with van der Waals surface area (Å²) in [5, 5.41) is 6.44. The van der Waals surface area contributed by atoms with Gasteiger partial charge in [0.25, 0.3) is 0 Å². The predicted molar refractivity (Wildman–Crippen MR) is 136 cm³/mol. The zero-order chi connectivity index (χ0) is 20.7. The van der Waals surface area contributed by atoms with Crippen LogP contribution in [0.25, 0.3) is 0 Å². The van der Waals surface area contributed by atoms with E-state index in [9.17, 15) is 8.42 Å². The standard InChI is InChI=1S/C21H35N5O2S.HI/c1-18-8-5-6-14-25(18)15-7-12-23-21(22-2)24-13-17-29(27,28)26-16-11-19-9-3-4-10-20(19)26;/h3-4,9-10,18H,5-8,11-17H2,1-2H3,(H2,22,23,24);1H. The Kier molecular flexibility index (Phi) is 10.2. The Bertz CT molecular complexity index is 802. The maximum absolute atomic E-state index is 12.8. The molecule has 0 aliphatic carbocycles. The van der Waals surface area contributed by atoms with E-state index in [1.165, 1.54) is 25.8 Å². The summed E-state index contributed by atoms with van der Waals surface area (Å²) in [6.45, 7) is 6.30. The fraction of sp³-hybridized carbons (Fsp3) is 0.667. The van der Waals surface area contributed by atoms with Gasteiger partial charge in [0.1, 0.15) is 0 Å². The first kappa shape index (κ1) is 25.2. The molecule has 2 N–H and O–H groups in total. The number of hydrogen-bond donors (Lipinski definition) is 2. The summed E-state index contributed by atoms with van der Waals surface area (Å²) in [5.74, 6) is 0.710. The van der Waals surface area contributed by atoms with Crippen molar-refractivity contribution in [2.45, 2.75) is 45.1 Å². The molecule has 0 saturated carbocycles. The molecule has 1 saturated heterocycles. The van der Waals surface area contributed by atoms with Gasteiger partial charge in [-0.3, -0.25) is 9.30 Å². The predicted octanol–water partition coefficient (Wildman–Crippen LogP) is 2.43. The van der Waals surface area contributed by atoms with E-state index >= 15 is 0 Å². The van der Waals surface area contributed by atoms with Gasteiger partial charge in [-0.05, 0) is 50.8 Å². The molecule has 1 fully saturated rings. The first-order valence-electron chi connectivity index (χ1n) is 10.8. The fourth-order valence-electron chi connectivity index (χ4n) is 4.20. The molecular formula is C21H36IN5O2S. The van der Waals surface area contributed by atoms with E-state index in [1.54, 1.807) is 11.4 Å². The Balaban J connectivity index is 0.00000320. The van der Waals surface area contributed by atoms with Gasteiger partial charge in [0.2, 0.25) is 10.0 Å². The molecule has 2 heterocycles. The Morgan fingerprint density at radius 1 is 1.17 bits per heavy atom. The minimum absolute atomic E-state index is 0. The van der Waals surface area contributed by atoms with Crippen molar-refractivity contribution in [1.29, 1.82) is 0 Å². The van der Waals surface area contributed by atoms with Crippen LogP contribution in [0, 0.1) is 0 Å². The van der Waals surface area contributed by atoms with Gasteiger partial charge >= 0.3 is 0 Å². The van der Waals surface area contributed by atoms with Crippen LogP contribution in [0.2, 0.25) is 0 Å². The third-order valence-electron chi connectivity index (χ3n) is 5.91. The number of benzene rings is 1. The van der Waals surface area contributed by atoms with Gasteiger partial charge in [0, 0.05) is 39.3 Å². The Morgan fingerprint density at radius 3 is 2.70 bits per heavy atom. The number of halogens is 1. The second kappa shape index (κ2) is 12.1. The van der Waals surface area contributed by atoms with E-state index in [-0.39, 0.29) is 29.7 Å². The molecule has 0 bridgehead atoms. The highest BCUT2D eigenvalue weighted by molar-refractivity contribution is 14.0. The normalized spacial score (nSPS) is 19.9. The molecule has 1 unspecified atom stereocenters. The number of fused-ring (bicyclic) bond motifs is 1. The molecule has 9 heteroatoms. The number of anilines is 1.